The average Bonchev–Trinajstić information content (AvgIpc) is 3.05. The lowest BCUT2D eigenvalue weighted by Gasteiger charge is -2.22. The van der Waals surface area contributed by atoms with Crippen molar-refractivity contribution in [3.05, 3.63) is 34.9 Å². The van der Waals surface area contributed by atoms with Crippen molar-refractivity contribution in [2.45, 2.75) is 43.1 Å². The van der Waals surface area contributed by atoms with Crippen LogP contribution in [0.3, 0.4) is 0 Å². The minimum absolute atomic E-state index is 0.420. The highest BCUT2D eigenvalue weighted by atomic mass is 35.5. The fourth-order valence-electron chi connectivity index (χ4n) is 2.93. The van der Waals surface area contributed by atoms with Crippen LogP contribution in [0.2, 0.25) is 5.02 Å². The molecule has 6 nitrogen and oxygen atoms in total. The van der Waals surface area contributed by atoms with E-state index < -0.39 is 38.2 Å². The zero-order valence-corrected chi connectivity index (χ0v) is 15.4. The van der Waals surface area contributed by atoms with Crippen molar-refractivity contribution >= 4 is 33.8 Å². The molecule has 24 heavy (non-hydrogen) atoms. The van der Waals surface area contributed by atoms with Crippen LogP contribution in [0.25, 0.3) is 0 Å². The Bertz CT molecular complexity index is 771. The third-order valence-electron chi connectivity index (χ3n) is 3.76. The standard InChI is InChI=1S/C16H20ClNO5S/c1-15(2,3)23-14(20)18-16(9-19)12(13(16)24(4,21)22)10-6-5-7-11(17)8-10/h5-9,12-13H,1-4H3,(H,18,20)/t12-,13+,16+/m1/s1. The Morgan fingerprint density at radius 1 is 1.38 bits per heavy atom. The van der Waals surface area contributed by atoms with Gasteiger partial charge in [-0.2, -0.15) is 0 Å². The van der Waals surface area contributed by atoms with Crippen molar-refractivity contribution in [3.8, 4) is 0 Å². The number of ether oxygens (including phenoxy) is 1. The summed E-state index contributed by atoms with van der Waals surface area (Å²) in [6, 6.07) is 6.58. The largest absolute Gasteiger partial charge is 0.444 e. The van der Waals surface area contributed by atoms with Crippen molar-refractivity contribution in [1.29, 1.82) is 0 Å². The summed E-state index contributed by atoms with van der Waals surface area (Å²) in [5.74, 6) is -0.712. The lowest BCUT2D eigenvalue weighted by molar-refractivity contribution is -0.110. The molecular weight excluding hydrogens is 354 g/mol. The van der Waals surface area contributed by atoms with E-state index in [4.69, 9.17) is 16.3 Å². The van der Waals surface area contributed by atoms with Gasteiger partial charge in [0.1, 0.15) is 22.7 Å². The molecule has 1 aromatic carbocycles. The lowest BCUT2D eigenvalue weighted by Crippen LogP contribution is -2.45. The number of carbonyl (C=O) groups is 2. The second kappa shape index (κ2) is 6.04. The minimum atomic E-state index is -3.59. The number of alkyl carbamates (subject to hydrolysis) is 1. The van der Waals surface area contributed by atoms with E-state index in [9.17, 15) is 18.0 Å². The first kappa shape index (κ1) is 18.7. The van der Waals surface area contributed by atoms with E-state index in [-0.39, 0.29) is 0 Å². The number of rotatable bonds is 4. The zero-order chi connectivity index (χ0) is 18.3. The molecule has 1 amide bonds. The van der Waals surface area contributed by atoms with Crippen LogP contribution in [-0.4, -0.2) is 43.4 Å². The van der Waals surface area contributed by atoms with E-state index in [1.165, 1.54) is 0 Å². The van der Waals surface area contributed by atoms with Crippen molar-refractivity contribution in [2.24, 2.45) is 0 Å². The number of halogens is 1. The maximum absolute atomic E-state index is 12.1. The maximum atomic E-state index is 12.1. The number of hydrogen-bond acceptors (Lipinski definition) is 5. The molecule has 0 aromatic heterocycles. The number of aldehydes is 1. The van der Waals surface area contributed by atoms with Crippen LogP contribution >= 0.6 is 11.6 Å². The quantitative estimate of drug-likeness (QED) is 0.818. The van der Waals surface area contributed by atoms with Gasteiger partial charge in [0, 0.05) is 17.2 Å². The molecule has 1 saturated carbocycles. The number of hydrogen-bond donors (Lipinski definition) is 1. The van der Waals surface area contributed by atoms with Gasteiger partial charge in [-0.3, -0.25) is 0 Å². The summed E-state index contributed by atoms with van der Waals surface area (Å²) in [6.45, 7) is 5.03. The summed E-state index contributed by atoms with van der Waals surface area (Å²) >= 11 is 5.96. The molecular formula is C16H20ClNO5S. The number of nitrogens with one attached hydrogen (secondary N) is 1. The molecule has 3 atom stereocenters. The molecule has 0 radical (unpaired) electrons. The third kappa shape index (κ3) is 3.72. The topological polar surface area (TPSA) is 89.5 Å². The monoisotopic (exact) mass is 373 g/mol. The van der Waals surface area contributed by atoms with E-state index in [1.807, 2.05) is 0 Å². The first-order valence-electron chi connectivity index (χ1n) is 7.32. The van der Waals surface area contributed by atoms with Gasteiger partial charge in [-0.05, 0) is 38.5 Å². The van der Waals surface area contributed by atoms with Gasteiger partial charge < -0.3 is 14.8 Å². The summed E-state index contributed by atoms with van der Waals surface area (Å²) in [7, 11) is -3.59. The van der Waals surface area contributed by atoms with E-state index >= 15 is 0 Å². The molecule has 0 spiro atoms. The van der Waals surface area contributed by atoms with Crippen LogP contribution in [0.4, 0.5) is 4.79 Å². The number of amides is 1. The molecule has 0 saturated heterocycles. The summed E-state index contributed by atoms with van der Waals surface area (Å²) < 4.78 is 29.4. The van der Waals surface area contributed by atoms with Crippen LogP contribution in [0.5, 0.6) is 0 Å². The molecule has 0 unspecified atom stereocenters. The van der Waals surface area contributed by atoms with Gasteiger partial charge in [-0.15, -0.1) is 0 Å². The Labute approximate surface area is 146 Å². The Hall–Kier alpha value is -1.60. The average molecular weight is 374 g/mol. The maximum Gasteiger partial charge on any atom is 0.408 e. The van der Waals surface area contributed by atoms with Crippen LogP contribution in [-0.2, 0) is 19.4 Å². The summed E-state index contributed by atoms with van der Waals surface area (Å²) in [5.41, 5.74) is -1.75. The normalized spacial score (nSPS) is 26.5. The second-order valence-electron chi connectivity index (χ2n) is 6.96. The molecule has 1 aromatic rings. The van der Waals surface area contributed by atoms with Crippen LogP contribution in [0.1, 0.15) is 32.3 Å². The van der Waals surface area contributed by atoms with Crippen LogP contribution in [0.15, 0.2) is 24.3 Å². The molecule has 8 heteroatoms. The van der Waals surface area contributed by atoms with Gasteiger partial charge in [0.05, 0.1) is 0 Å². The Kier molecular flexibility index (Phi) is 4.71. The molecule has 0 heterocycles. The highest BCUT2D eigenvalue weighted by Gasteiger charge is 2.71. The smallest absolute Gasteiger partial charge is 0.408 e. The molecule has 2 rings (SSSR count). The number of sulfone groups is 1. The lowest BCUT2D eigenvalue weighted by atomic mass is 10.1. The Morgan fingerprint density at radius 2 is 2.00 bits per heavy atom. The predicted octanol–water partition coefficient (Wildman–Crippen LogP) is 2.31. The summed E-state index contributed by atoms with van der Waals surface area (Å²) in [4.78, 5) is 23.8. The molecule has 0 bridgehead atoms. The first-order valence-corrected chi connectivity index (χ1v) is 9.66. The number of carbonyl (C=O) groups excluding carboxylic acids is 2. The Balaban J connectivity index is 2.38. The molecule has 1 N–H and O–H groups in total. The molecule has 132 valence electrons. The predicted molar refractivity (Wildman–Crippen MR) is 91.0 cm³/mol. The fraction of sp³-hybridized carbons (Fsp3) is 0.500. The SMILES string of the molecule is CC(C)(C)OC(=O)N[C@@]1(C=O)[C@H](c2cccc(Cl)c2)[C@@H]1S(C)(=O)=O. The van der Waals surface area contributed by atoms with Gasteiger partial charge in [0.25, 0.3) is 0 Å². The number of benzene rings is 1. The van der Waals surface area contributed by atoms with Crippen LogP contribution in [0, 0.1) is 0 Å². The van der Waals surface area contributed by atoms with E-state index in [1.54, 1.807) is 45.0 Å². The minimum Gasteiger partial charge on any atom is -0.444 e. The van der Waals surface area contributed by atoms with E-state index in [0.29, 0.717) is 16.9 Å². The van der Waals surface area contributed by atoms with Gasteiger partial charge >= 0.3 is 6.09 Å². The zero-order valence-electron chi connectivity index (χ0n) is 13.9. The summed E-state index contributed by atoms with van der Waals surface area (Å²) in [6.07, 6.45) is 0.665. The van der Waals surface area contributed by atoms with Gasteiger partial charge in [-0.1, -0.05) is 23.7 Å². The fourth-order valence-corrected chi connectivity index (χ4v) is 4.89. The van der Waals surface area contributed by atoms with E-state index in [2.05, 4.69) is 5.32 Å². The van der Waals surface area contributed by atoms with Gasteiger partial charge in [0.15, 0.2) is 9.84 Å². The molecule has 0 aliphatic heterocycles. The second-order valence-corrected chi connectivity index (χ2v) is 9.56. The van der Waals surface area contributed by atoms with Gasteiger partial charge in [0.2, 0.25) is 0 Å². The highest BCUT2D eigenvalue weighted by molar-refractivity contribution is 7.91. The van der Waals surface area contributed by atoms with Crippen molar-refractivity contribution in [1.82, 2.24) is 5.32 Å². The van der Waals surface area contributed by atoms with Crippen LogP contribution < -0.4 is 5.32 Å². The third-order valence-corrected chi connectivity index (χ3v) is 5.58. The van der Waals surface area contributed by atoms with Crippen molar-refractivity contribution < 1.29 is 22.7 Å². The van der Waals surface area contributed by atoms with Crippen molar-refractivity contribution in [3.63, 3.8) is 0 Å². The molecule has 1 fully saturated rings. The van der Waals surface area contributed by atoms with E-state index in [0.717, 1.165) is 6.26 Å². The first-order chi connectivity index (χ1) is 10.9. The highest BCUT2D eigenvalue weighted by Crippen LogP contribution is 2.54. The van der Waals surface area contributed by atoms with Gasteiger partial charge in [-0.25, -0.2) is 13.2 Å². The summed E-state index contributed by atoms with van der Waals surface area (Å²) in [5, 5.41) is 1.81. The van der Waals surface area contributed by atoms with Crippen molar-refractivity contribution in [2.75, 3.05) is 6.26 Å². The molecule has 1 aliphatic carbocycles. The molecule has 1 aliphatic rings. The Morgan fingerprint density at radius 3 is 2.46 bits per heavy atom.